The van der Waals surface area contributed by atoms with Crippen molar-refractivity contribution >= 4 is 34.8 Å². The van der Waals surface area contributed by atoms with Crippen LogP contribution in [0.25, 0.3) is 0 Å². The second kappa shape index (κ2) is 7.37. The van der Waals surface area contributed by atoms with E-state index in [0.29, 0.717) is 28.9 Å². The molecule has 2 aromatic rings. The van der Waals surface area contributed by atoms with E-state index in [9.17, 15) is 13.6 Å². The lowest BCUT2D eigenvalue weighted by atomic mass is 10.3. The van der Waals surface area contributed by atoms with Crippen LogP contribution in [-0.2, 0) is 6.54 Å². The zero-order chi connectivity index (χ0) is 15.2. The molecule has 2 amide bonds. The molecule has 112 valence electrons. The number of nitrogens with one attached hydrogen (secondary N) is 2. The summed E-state index contributed by atoms with van der Waals surface area (Å²) >= 11 is 1.95. The number of hydrogen-bond acceptors (Lipinski definition) is 4. The molecule has 0 saturated carbocycles. The van der Waals surface area contributed by atoms with Crippen LogP contribution in [0.1, 0.15) is 10.6 Å². The van der Waals surface area contributed by atoms with E-state index in [1.54, 1.807) is 29.8 Å². The molecular formula is C13H13F2N3OS2. The third-order valence-electron chi connectivity index (χ3n) is 2.59. The van der Waals surface area contributed by atoms with Crippen LogP contribution in [0.4, 0.5) is 19.3 Å². The highest BCUT2D eigenvalue weighted by Gasteiger charge is 2.07. The molecule has 2 rings (SSSR count). The highest BCUT2D eigenvalue weighted by molar-refractivity contribution is 7.99. The summed E-state index contributed by atoms with van der Waals surface area (Å²) in [5, 5.41) is 5.36. The molecule has 0 radical (unpaired) electrons. The van der Waals surface area contributed by atoms with Crippen molar-refractivity contribution in [2.45, 2.75) is 24.1 Å². The summed E-state index contributed by atoms with van der Waals surface area (Å²) in [6.07, 6.45) is 0. The summed E-state index contributed by atoms with van der Waals surface area (Å²) in [5.74, 6) is -2.45. The summed E-state index contributed by atoms with van der Waals surface area (Å²) in [7, 11) is 0. The second-order valence-corrected chi connectivity index (χ2v) is 6.07. The number of carbonyl (C=O) groups excluding carboxylic acids is 1. The first-order chi connectivity index (χ1) is 10.0. The number of aromatic nitrogens is 1. The molecule has 2 N–H and O–H groups in total. The van der Waals surface area contributed by atoms with Gasteiger partial charge >= 0.3 is 6.03 Å². The van der Waals surface area contributed by atoms with Crippen molar-refractivity contribution in [1.82, 2.24) is 10.3 Å². The summed E-state index contributed by atoms with van der Waals surface area (Å²) in [6, 6.07) is 5.90. The first-order valence-electron chi connectivity index (χ1n) is 6.03. The fourth-order valence-electron chi connectivity index (χ4n) is 1.55. The minimum Gasteiger partial charge on any atom is -0.333 e. The normalized spacial score (nSPS) is 10.7. The Morgan fingerprint density at radius 3 is 2.67 bits per heavy atom. The van der Waals surface area contributed by atoms with Crippen LogP contribution >= 0.6 is 23.1 Å². The van der Waals surface area contributed by atoms with Gasteiger partial charge in [-0.1, -0.05) is 11.8 Å². The average Bonchev–Trinajstić information content (AvgIpc) is 2.84. The third-order valence-corrected chi connectivity index (χ3v) is 4.25. The van der Waals surface area contributed by atoms with Gasteiger partial charge in [0.2, 0.25) is 0 Å². The molecule has 0 unspecified atom stereocenters. The maximum Gasteiger partial charge on any atom is 0.319 e. The van der Waals surface area contributed by atoms with Crippen molar-refractivity contribution < 1.29 is 13.6 Å². The van der Waals surface area contributed by atoms with E-state index in [2.05, 4.69) is 15.6 Å². The Hall–Kier alpha value is -1.67. The van der Waals surface area contributed by atoms with Crippen LogP contribution in [0, 0.1) is 6.92 Å². The smallest absolute Gasteiger partial charge is 0.319 e. The van der Waals surface area contributed by atoms with Gasteiger partial charge in [-0.2, -0.15) is 8.78 Å². The van der Waals surface area contributed by atoms with Gasteiger partial charge in [0.15, 0.2) is 0 Å². The molecule has 0 spiro atoms. The van der Waals surface area contributed by atoms with E-state index in [1.807, 2.05) is 6.92 Å². The minimum absolute atomic E-state index is 0.350. The molecule has 21 heavy (non-hydrogen) atoms. The molecule has 1 aromatic carbocycles. The van der Waals surface area contributed by atoms with Gasteiger partial charge in [-0.05, 0) is 31.2 Å². The van der Waals surface area contributed by atoms with Crippen molar-refractivity contribution in [2.75, 3.05) is 5.32 Å². The Labute approximate surface area is 129 Å². The largest absolute Gasteiger partial charge is 0.333 e. The van der Waals surface area contributed by atoms with Gasteiger partial charge < -0.3 is 10.6 Å². The molecule has 0 aliphatic carbocycles. The molecule has 0 aliphatic rings. The topological polar surface area (TPSA) is 54.0 Å². The first kappa shape index (κ1) is 15.7. The monoisotopic (exact) mass is 329 g/mol. The quantitative estimate of drug-likeness (QED) is 0.813. The minimum atomic E-state index is -2.45. The molecule has 1 heterocycles. The fourth-order valence-corrected chi connectivity index (χ4v) is 2.77. The summed E-state index contributed by atoms with van der Waals surface area (Å²) < 4.78 is 24.4. The number of aryl methyl sites for hydroxylation is 1. The van der Waals surface area contributed by atoms with Crippen molar-refractivity contribution in [1.29, 1.82) is 0 Å². The van der Waals surface area contributed by atoms with Crippen LogP contribution in [0.15, 0.2) is 34.7 Å². The Kier molecular flexibility index (Phi) is 5.51. The maximum absolute atomic E-state index is 12.2. The van der Waals surface area contributed by atoms with Crippen molar-refractivity contribution in [3.63, 3.8) is 0 Å². The highest BCUT2D eigenvalue weighted by Crippen LogP contribution is 2.26. The fraction of sp³-hybridized carbons (Fsp3) is 0.231. The van der Waals surface area contributed by atoms with E-state index >= 15 is 0 Å². The number of urea groups is 1. The molecule has 0 atom stereocenters. The van der Waals surface area contributed by atoms with Crippen LogP contribution in [0.3, 0.4) is 0 Å². The molecule has 1 aromatic heterocycles. The van der Waals surface area contributed by atoms with Gasteiger partial charge in [0, 0.05) is 15.5 Å². The van der Waals surface area contributed by atoms with Crippen LogP contribution in [-0.4, -0.2) is 16.8 Å². The Bertz CT molecular complexity index is 602. The molecule has 0 aliphatic heterocycles. The number of rotatable bonds is 5. The highest BCUT2D eigenvalue weighted by atomic mass is 32.2. The Morgan fingerprint density at radius 2 is 2.10 bits per heavy atom. The standard InChI is InChI=1S/C13H13F2N3OS2/c1-8-11(20-7-17-8)6-16-13(19)18-9-2-4-10(5-3-9)21-12(14)15/h2-5,7,12H,6H2,1H3,(H2,16,18,19). The van der Waals surface area contributed by atoms with Crippen LogP contribution < -0.4 is 10.6 Å². The number of benzene rings is 1. The van der Waals surface area contributed by atoms with E-state index in [4.69, 9.17) is 0 Å². The van der Waals surface area contributed by atoms with Crippen LogP contribution in [0.5, 0.6) is 0 Å². The number of anilines is 1. The van der Waals surface area contributed by atoms with Gasteiger partial charge in [-0.15, -0.1) is 11.3 Å². The van der Waals surface area contributed by atoms with E-state index < -0.39 is 5.76 Å². The predicted molar refractivity (Wildman–Crippen MR) is 81.0 cm³/mol. The second-order valence-electron chi connectivity index (χ2n) is 4.07. The molecule has 0 saturated heterocycles. The lowest BCUT2D eigenvalue weighted by Crippen LogP contribution is -2.28. The average molecular weight is 329 g/mol. The van der Waals surface area contributed by atoms with Crippen molar-refractivity contribution in [2.24, 2.45) is 0 Å². The number of halogens is 2. The number of nitrogens with zero attached hydrogens (tertiary/aromatic N) is 1. The Balaban J connectivity index is 1.83. The van der Waals surface area contributed by atoms with E-state index in [0.717, 1.165) is 10.6 Å². The van der Waals surface area contributed by atoms with Gasteiger partial charge in [-0.25, -0.2) is 9.78 Å². The van der Waals surface area contributed by atoms with Gasteiger partial charge in [0.05, 0.1) is 17.7 Å². The summed E-state index contributed by atoms with van der Waals surface area (Å²) in [4.78, 5) is 17.3. The zero-order valence-electron chi connectivity index (χ0n) is 11.1. The molecule has 4 nitrogen and oxygen atoms in total. The summed E-state index contributed by atoms with van der Waals surface area (Å²) in [6.45, 7) is 2.28. The predicted octanol–water partition coefficient (Wildman–Crippen LogP) is 4.09. The van der Waals surface area contributed by atoms with E-state index in [-0.39, 0.29) is 6.03 Å². The molecular weight excluding hydrogens is 316 g/mol. The number of alkyl halides is 2. The lowest BCUT2D eigenvalue weighted by molar-refractivity contribution is 0.251. The SMILES string of the molecule is Cc1ncsc1CNC(=O)Nc1ccc(SC(F)F)cc1. The van der Waals surface area contributed by atoms with Crippen LogP contribution in [0.2, 0.25) is 0 Å². The number of thiazole rings is 1. The lowest BCUT2D eigenvalue weighted by Gasteiger charge is -2.08. The number of hydrogen-bond donors (Lipinski definition) is 2. The maximum atomic E-state index is 12.2. The zero-order valence-corrected chi connectivity index (χ0v) is 12.7. The molecule has 0 bridgehead atoms. The third kappa shape index (κ3) is 4.98. The van der Waals surface area contributed by atoms with Crippen molar-refractivity contribution in [3.05, 3.63) is 40.3 Å². The van der Waals surface area contributed by atoms with Gasteiger partial charge in [0.25, 0.3) is 5.76 Å². The Morgan fingerprint density at radius 1 is 1.38 bits per heavy atom. The number of thioether (sulfide) groups is 1. The molecule has 0 fully saturated rings. The summed E-state index contributed by atoms with van der Waals surface area (Å²) in [5.41, 5.74) is 3.17. The number of amides is 2. The van der Waals surface area contributed by atoms with Crippen molar-refractivity contribution in [3.8, 4) is 0 Å². The first-order valence-corrected chi connectivity index (χ1v) is 7.79. The van der Waals surface area contributed by atoms with Gasteiger partial charge in [-0.3, -0.25) is 0 Å². The van der Waals surface area contributed by atoms with Gasteiger partial charge in [0.1, 0.15) is 0 Å². The molecule has 8 heteroatoms. The van der Waals surface area contributed by atoms with E-state index in [1.165, 1.54) is 11.3 Å². The number of carbonyl (C=O) groups is 1.